The molecule has 1 N–H and O–H groups in total. The maximum atomic E-state index is 3.82. The number of piperidine rings is 1. The summed E-state index contributed by atoms with van der Waals surface area (Å²) in [6, 6.07) is 18.9. The molecule has 104 valence electrons. The highest BCUT2D eigenvalue weighted by molar-refractivity contribution is 5.27. The van der Waals surface area contributed by atoms with Gasteiger partial charge in [-0.1, -0.05) is 59.7 Å². The van der Waals surface area contributed by atoms with Crippen molar-refractivity contribution >= 4 is 0 Å². The van der Waals surface area contributed by atoms with E-state index in [1.807, 2.05) is 0 Å². The van der Waals surface area contributed by atoms with Gasteiger partial charge in [-0.3, -0.25) is 0 Å². The Labute approximate surface area is 122 Å². The molecule has 0 bridgehead atoms. The summed E-state index contributed by atoms with van der Waals surface area (Å²) in [5.41, 5.74) is 5.51. The second-order valence-corrected chi connectivity index (χ2v) is 6.02. The van der Waals surface area contributed by atoms with E-state index >= 15 is 0 Å². The number of nitrogens with one attached hydrogen (secondary N) is 1. The molecule has 0 saturated carbocycles. The average molecular weight is 265 g/mol. The Hall–Kier alpha value is -1.60. The first-order chi connectivity index (χ1) is 9.72. The molecular weight excluding hydrogens is 242 g/mol. The molecule has 0 radical (unpaired) electrons. The summed E-state index contributed by atoms with van der Waals surface area (Å²) >= 11 is 0. The summed E-state index contributed by atoms with van der Waals surface area (Å²) in [5, 5.41) is 3.82. The third-order valence-corrected chi connectivity index (χ3v) is 4.35. The van der Waals surface area contributed by atoms with Crippen LogP contribution >= 0.6 is 0 Å². The fourth-order valence-electron chi connectivity index (χ4n) is 3.06. The van der Waals surface area contributed by atoms with E-state index in [-0.39, 0.29) is 0 Å². The number of aryl methyl sites for hydroxylation is 2. The molecule has 1 heteroatoms. The molecular formula is C19H23N. The highest BCUT2D eigenvalue weighted by Crippen LogP contribution is 2.32. The Morgan fingerprint density at radius 1 is 0.700 bits per heavy atom. The summed E-state index contributed by atoms with van der Waals surface area (Å²) < 4.78 is 0. The van der Waals surface area contributed by atoms with Crippen LogP contribution in [0.25, 0.3) is 0 Å². The molecule has 1 aliphatic rings. The Balaban J connectivity index is 1.76. The first-order valence-corrected chi connectivity index (χ1v) is 7.61. The van der Waals surface area contributed by atoms with Crippen LogP contribution in [-0.2, 0) is 0 Å². The molecule has 1 aliphatic heterocycles. The minimum atomic E-state index is 0.496. The van der Waals surface area contributed by atoms with Crippen LogP contribution in [0.2, 0.25) is 0 Å². The zero-order chi connectivity index (χ0) is 13.9. The van der Waals surface area contributed by atoms with Gasteiger partial charge in [-0.2, -0.15) is 0 Å². The van der Waals surface area contributed by atoms with Gasteiger partial charge in [0.15, 0.2) is 0 Å². The largest absolute Gasteiger partial charge is 0.303 e. The zero-order valence-electron chi connectivity index (χ0n) is 12.4. The van der Waals surface area contributed by atoms with Crippen molar-refractivity contribution in [3.63, 3.8) is 0 Å². The topological polar surface area (TPSA) is 12.0 Å². The van der Waals surface area contributed by atoms with Crippen LogP contribution < -0.4 is 5.32 Å². The maximum absolute atomic E-state index is 3.82. The van der Waals surface area contributed by atoms with Crippen molar-refractivity contribution in [1.29, 1.82) is 0 Å². The minimum absolute atomic E-state index is 0.496. The van der Waals surface area contributed by atoms with Gasteiger partial charge in [0.25, 0.3) is 0 Å². The molecule has 0 amide bonds. The predicted octanol–water partition coefficient (Wildman–Crippen LogP) is 4.86. The van der Waals surface area contributed by atoms with Crippen molar-refractivity contribution in [2.24, 2.45) is 0 Å². The number of benzene rings is 2. The first kappa shape index (κ1) is 13.4. The van der Waals surface area contributed by atoms with Gasteiger partial charge < -0.3 is 5.32 Å². The van der Waals surface area contributed by atoms with E-state index in [0.717, 1.165) is 0 Å². The molecule has 2 atom stereocenters. The highest BCUT2D eigenvalue weighted by atomic mass is 15.0. The summed E-state index contributed by atoms with van der Waals surface area (Å²) in [7, 11) is 0. The van der Waals surface area contributed by atoms with Gasteiger partial charge in [-0.05, 0) is 44.2 Å². The van der Waals surface area contributed by atoms with E-state index in [1.54, 1.807) is 0 Å². The summed E-state index contributed by atoms with van der Waals surface area (Å²) in [6.45, 7) is 4.29. The van der Waals surface area contributed by atoms with Crippen LogP contribution in [0.15, 0.2) is 48.5 Å². The Morgan fingerprint density at radius 2 is 1.10 bits per heavy atom. The third kappa shape index (κ3) is 2.94. The van der Waals surface area contributed by atoms with Crippen LogP contribution in [-0.4, -0.2) is 0 Å². The van der Waals surface area contributed by atoms with Gasteiger partial charge in [-0.25, -0.2) is 0 Å². The highest BCUT2D eigenvalue weighted by Gasteiger charge is 2.23. The molecule has 20 heavy (non-hydrogen) atoms. The van der Waals surface area contributed by atoms with Crippen molar-refractivity contribution in [3.05, 3.63) is 70.8 Å². The van der Waals surface area contributed by atoms with Crippen LogP contribution in [0.1, 0.15) is 53.6 Å². The molecule has 3 rings (SSSR count). The fourth-order valence-corrected chi connectivity index (χ4v) is 3.06. The fraction of sp³-hybridized carbons (Fsp3) is 0.368. The Bertz CT molecular complexity index is 502. The lowest BCUT2D eigenvalue weighted by atomic mass is 9.90. The second-order valence-electron chi connectivity index (χ2n) is 6.02. The van der Waals surface area contributed by atoms with E-state index in [2.05, 4.69) is 67.7 Å². The molecule has 1 heterocycles. The van der Waals surface area contributed by atoms with Crippen molar-refractivity contribution in [2.75, 3.05) is 0 Å². The molecule has 2 aromatic carbocycles. The van der Waals surface area contributed by atoms with Gasteiger partial charge in [0.1, 0.15) is 0 Å². The van der Waals surface area contributed by atoms with Crippen molar-refractivity contribution in [2.45, 2.75) is 45.2 Å². The number of rotatable bonds is 2. The standard InChI is InChI=1S/C19H23N/c1-14-6-10-16(11-7-14)18-4-3-5-19(20-18)17-12-8-15(2)9-13-17/h6-13,18-20H,3-5H2,1-2H3/t18-,19-/m0/s1. The third-order valence-electron chi connectivity index (χ3n) is 4.35. The predicted molar refractivity (Wildman–Crippen MR) is 84.8 cm³/mol. The molecule has 2 aromatic rings. The maximum Gasteiger partial charge on any atom is 0.0325 e. The summed E-state index contributed by atoms with van der Waals surface area (Å²) in [6.07, 6.45) is 3.78. The molecule has 1 saturated heterocycles. The van der Waals surface area contributed by atoms with Gasteiger partial charge in [0.2, 0.25) is 0 Å². The SMILES string of the molecule is Cc1ccc([C@@H]2CCC[C@@H](c3ccc(C)cc3)N2)cc1. The number of hydrogen-bond acceptors (Lipinski definition) is 1. The van der Waals surface area contributed by atoms with E-state index in [4.69, 9.17) is 0 Å². The molecule has 0 aliphatic carbocycles. The number of hydrogen-bond donors (Lipinski definition) is 1. The van der Waals surface area contributed by atoms with Crippen molar-refractivity contribution in [3.8, 4) is 0 Å². The Morgan fingerprint density at radius 3 is 1.50 bits per heavy atom. The van der Waals surface area contributed by atoms with E-state index in [9.17, 15) is 0 Å². The normalized spacial score (nSPS) is 22.7. The van der Waals surface area contributed by atoms with E-state index in [0.29, 0.717) is 12.1 Å². The lowest BCUT2D eigenvalue weighted by Gasteiger charge is -2.32. The quantitative estimate of drug-likeness (QED) is 0.817. The monoisotopic (exact) mass is 265 g/mol. The van der Waals surface area contributed by atoms with Crippen LogP contribution in [0.4, 0.5) is 0 Å². The van der Waals surface area contributed by atoms with Crippen LogP contribution in [0.3, 0.4) is 0 Å². The molecule has 0 aromatic heterocycles. The average Bonchev–Trinajstić information content (AvgIpc) is 2.49. The van der Waals surface area contributed by atoms with Crippen LogP contribution in [0, 0.1) is 13.8 Å². The molecule has 1 fully saturated rings. The van der Waals surface area contributed by atoms with Crippen molar-refractivity contribution < 1.29 is 0 Å². The lowest BCUT2D eigenvalue weighted by Crippen LogP contribution is -2.30. The van der Waals surface area contributed by atoms with E-state index in [1.165, 1.54) is 41.5 Å². The van der Waals surface area contributed by atoms with Gasteiger partial charge in [-0.15, -0.1) is 0 Å². The summed E-state index contributed by atoms with van der Waals surface area (Å²) in [5.74, 6) is 0. The summed E-state index contributed by atoms with van der Waals surface area (Å²) in [4.78, 5) is 0. The molecule has 0 unspecified atom stereocenters. The molecule has 1 nitrogen and oxygen atoms in total. The van der Waals surface area contributed by atoms with Crippen LogP contribution in [0.5, 0.6) is 0 Å². The minimum Gasteiger partial charge on any atom is -0.303 e. The Kier molecular flexibility index (Phi) is 3.88. The van der Waals surface area contributed by atoms with Gasteiger partial charge in [0, 0.05) is 12.1 Å². The second kappa shape index (κ2) is 5.80. The van der Waals surface area contributed by atoms with Crippen molar-refractivity contribution in [1.82, 2.24) is 5.32 Å². The van der Waals surface area contributed by atoms with Gasteiger partial charge in [0.05, 0.1) is 0 Å². The molecule has 0 spiro atoms. The zero-order valence-corrected chi connectivity index (χ0v) is 12.4. The first-order valence-electron chi connectivity index (χ1n) is 7.61. The smallest absolute Gasteiger partial charge is 0.0325 e. The van der Waals surface area contributed by atoms with E-state index < -0.39 is 0 Å². The van der Waals surface area contributed by atoms with Gasteiger partial charge >= 0.3 is 0 Å². The lowest BCUT2D eigenvalue weighted by molar-refractivity contribution is 0.330.